The Morgan fingerprint density at radius 3 is 2.50 bits per heavy atom. The van der Waals surface area contributed by atoms with E-state index in [1.54, 1.807) is 42.7 Å². The van der Waals surface area contributed by atoms with E-state index in [4.69, 9.17) is 9.47 Å². The van der Waals surface area contributed by atoms with E-state index < -0.39 is 17.6 Å². The van der Waals surface area contributed by atoms with Gasteiger partial charge in [-0.1, -0.05) is 30.0 Å². The highest BCUT2D eigenvalue weighted by Crippen LogP contribution is 2.29. The van der Waals surface area contributed by atoms with Crippen LogP contribution in [0.2, 0.25) is 0 Å². The molecule has 238 valence electrons. The van der Waals surface area contributed by atoms with Gasteiger partial charge >= 0.3 is 5.97 Å². The van der Waals surface area contributed by atoms with E-state index in [1.165, 1.54) is 12.4 Å². The van der Waals surface area contributed by atoms with Crippen molar-refractivity contribution in [2.75, 3.05) is 6.61 Å². The summed E-state index contributed by atoms with van der Waals surface area (Å²) in [4.78, 5) is 28.6. The molecule has 3 aromatic carbocycles. The minimum Gasteiger partial charge on any atom is -0.478 e. The minimum atomic E-state index is -1.06. The van der Waals surface area contributed by atoms with Crippen molar-refractivity contribution in [3.8, 4) is 29.0 Å². The molecule has 1 unspecified atom stereocenters. The lowest BCUT2D eigenvalue weighted by Crippen LogP contribution is -2.31. The van der Waals surface area contributed by atoms with Crippen LogP contribution >= 0.6 is 0 Å². The van der Waals surface area contributed by atoms with Gasteiger partial charge in [-0.05, 0) is 66.1 Å². The Hall–Kier alpha value is -5.99. The summed E-state index contributed by atoms with van der Waals surface area (Å²) in [5.41, 5.74) is 4.03. The second-order valence-electron chi connectivity index (χ2n) is 11.3. The molecule has 1 saturated heterocycles. The number of nitrogens with zero attached hydrogens (tertiary/aromatic N) is 5. The highest BCUT2D eigenvalue weighted by atomic mass is 19.1. The molecular weight excluding hydrogens is 616 g/mol. The van der Waals surface area contributed by atoms with Crippen LogP contribution in [0.5, 0.6) is 5.88 Å². The number of rotatable bonds is 9. The second-order valence-corrected chi connectivity index (χ2v) is 11.3. The summed E-state index contributed by atoms with van der Waals surface area (Å²) in [5.74, 6) is 4.49. The zero-order valence-corrected chi connectivity index (χ0v) is 25.4. The number of halogens is 2. The van der Waals surface area contributed by atoms with E-state index in [-0.39, 0.29) is 47.4 Å². The van der Waals surface area contributed by atoms with Gasteiger partial charge in [0.15, 0.2) is 0 Å². The summed E-state index contributed by atoms with van der Waals surface area (Å²) < 4.78 is 44.4. The molecule has 0 radical (unpaired) electrons. The maximum Gasteiger partial charge on any atom is 0.335 e. The van der Waals surface area contributed by atoms with Crippen LogP contribution < -0.4 is 4.74 Å². The summed E-state index contributed by atoms with van der Waals surface area (Å²) in [6.45, 7) is 1.28. The second kappa shape index (κ2) is 13.4. The van der Waals surface area contributed by atoms with Crippen molar-refractivity contribution in [3.63, 3.8) is 0 Å². The first kappa shape index (κ1) is 30.7. The first-order chi connectivity index (χ1) is 23.4. The van der Waals surface area contributed by atoms with Crippen molar-refractivity contribution >= 4 is 17.0 Å². The van der Waals surface area contributed by atoms with E-state index in [0.717, 1.165) is 35.2 Å². The van der Waals surface area contributed by atoms with Crippen LogP contribution in [0.3, 0.4) is 0 Å². The Morgan fingerprint density at radius 1 is 0.958 bits per heavy atom. The summed E-state index contributed by atoms with van der Waals surface area (Å²) in [6.07, 6.45) is 5.51. The molecule has 0 saturated carbocycles. The number of imidazole rings is 1. The first-order valence-electron chi connectivity index (χ1n) is 15.2. The SMILES string of the molecule is O=C(O)c1ccc2nc(Cc3cc(F)c(-c4cccc(OCc5ccc(C#Cc6cncnc6)cc5)n4)cc3F)n(CC3CCO3)c2c1. The van der Waals surface area contributed by atoms with Crippen molar-refractivity contribution in [2.24, 2.45) is 0 Å². The number of aromatic carboxylic acids is 1. The van der Waals surface area contributed by atoms with Crippen molar-refractivity contribution in [3.05, 3.63) is 137 Å². The molecule has 0 amide bonds. The van der Waals surface area contributed by atoms with Crippen molar-refractivity contribution in [1.29, 1.82) is 0 Å². The highest BCUT2D eigenvalue weighted by molar-refractivity contribution is 5.92. The Kier molecular flexibility index (Phi) is 8.55. The topological polar surface area (TPSA) is 112 Å². The molecule has 9 nitrogen and oxygen atoms in total. The van der Waals surface area contributed by atoms with Crippen molar-refractivity contribution in [1.82, 2.24) is 24.5 Å². The van der Waals surface area contributed by atoms with E-state index in [0.29, 0.717) is 30.0 Å². The number of carboxylic acid groups (broad SMARTS) is 1. The largest absolute Gasteiger partial charge is 0.478 e. The molecule has 11 heteroatoms. The van der Waals surface area contributed by atoms with Gasteiger partial charge in [-0.25, -0.2) is 33.5 Å². The number of benzene rings is 3. The molecule has 1 N–H and O–H groups in total. The van der Waals surface area contributed by atoms with E-state index in [1.807, 2.05) is 28.8 Å². The zero-order valence-electron chi connectivity index (χ0n) is 25.4. The quantitative estimate of drug-likeness (QED) is 0.185. The third-order valence-electron chi connectivity index (χ3n) is 7.99. The van der Waals surface area contributed by atoms with Crippen LogP contribution in [-0.2, 0) is 24.3 Å². The molecule has 48 heavy (non-hydrogen) atoms. The molecule has 4 heterocycles. The fraction of sp³-hybridized carbons (Fsp3) is 0.162. The molecule has 0 bridgehead atoms. The molecule has 0 spiro atoms. The van der Waals surface area contributed by atoms with Gasteiger partial charge in [0, 0.05) is 42.6 Å². The van der Waals surface area contributed by atoms with Crippen LogP contribution in [0.15, 0.2) is 91.5 Å². The monoisotopic (exact) mass is 643 g/mol. The smallest absolute Gasteiger partial charge is 0.335 e. The van der Waals surface area contributed by atoms with Crippen LogP contribution in [-0.4, -0.2) is 48.3 Å². The molecular formula is C37H27F2N5O4. The average molecular weight is 644 g/mol. The maximum atomic E-state index is 15.6. The minimum absolute atomic E-state index is 0.00378. The predicted octanol–water partition coefficient (Wildman–Crippen LogP) is 6.22. The number of ether oxygens (including phenoxy) is 2. The molecule has 1 fully saturated rings. The van der Waals surface area contributed by atoms with E-state index >= 15 is 8.78 Å². The lowest BCUT2D eigenvalue weighted by Gasteiger charge is -2.27. The Balaban J connectivity index is 1.07. The van der Waals surface area contributed by atoms with Gasteiger partial charge in [-0.15, -0.1) is 0 Å². The number of fused-ring (bicyclic) bond motifs is 1. The first-order valence-corrected chi connectivity index (χ1v) is 15.2. The fourth-order valence-electron chi connectivity index (χ4n) is 5.36. The fourth-order valence-corrected chi connectivity index (χ4v) is 5.36. The van der Waals surface area contributed by atoms with E-state index in [2.05, 4.69) is 31.8 Å². The van der Waals surface area contributed by atoms with Gasteiger partial charge in [0.1, 0.15) is 30.4 Å². The van der Waals surface area contributed by atoms with Gasteiger partial charge in [0.2, 0.25) is 5.88 Å². The molecule has 0 aliphatic carbocycles. The molecule has 3 aromatic heterocycles. The third-order valence-corrected chi connectivity index (χ3v) is 7.99. The summed E-state index contributed by atoms with van der Waals surface area (Å²) in [5, 5.41) is 9.49. The van der Waals surface area contributed by atoms with Crippen LogP contribution in [0.4, 0.5) is 8.78 Å². The third kappa shape index (κ3) is 6.74. The standard InChI is InChI=1S/C37H27F2N5O4/c38-30-17-29(32-2-1-3-36(43-32)48-21-24-7-4-23(5-8-24)6-9-25-18-40-22-41-19-25)31(39)14-27(30)16-35-42-33-11-10-26(37(45)46)15-34(33)44(35)20-28-12-13-47-28/h1-5,7-8,10-11,14-15,17-19,22,28H,12-13,16,20-21H2,(H,45,46). The predicted molar refractivity (Wildman–Crippen MR) is 172 cm³/mol. The number of carboxylic acids is 1. The van der Waals surface area contributed by atoms with Crippen molar-refractivity contribution < 1.29 is 28.2 Å². The number of pyridine rings is 1. The zero-order chi connectivity index (χ0) is 33.0. The van der Waals surface area contributed by atoms with Crippen molar-refractivity contribution in [2.45, 2.75) is 32.1 Å². The summed E-state index contributed by atoms with van der Waals surface area (Å²) >= 11 is 0. The number of aromatic nitrogens is 5. The Bertz CT molecular complexity index is 2190. The summed E-state index contributed by atoms with van der Waals surface area (Å²) in [6, 6.07) is 19.4. The van der Waals surface area contributed by atoms with Gasteiger partial charge in [-0.2, -0.15) is 0 Å². The van der Waals surface area contributed by atoms with Crippen LogP contribution in [0, 0.1) is 23.5 Å². The molecule has 1 aliphatic heterocycles. The lowest BCUT2D eigenvalue weighted by molar-refractivity contribution is -0.0589. The number of carbonyl (C=O) groups is 1. The van der Waals surface area contributed by atoms with Crippen LogP contribution in [0.1, 0.15) is 44.9 Å². The Labute approximate surface area is 273 Å². The molecule has 7 rings (SSSR count). The average Bonchev–Trinajstić information content (AvgIpc) is 3.42. The summed E-state index contributed by atoms with van der Waals surface area (Å²) in [7, 11) is 0. The lowest BCUT2D eigenvalue weighted by atomic mass is 10.0. The Morgan fingerprint density at radius 2 is 1.75 bits per heavy atom. The molecule has 1 atom stereocenters. The highest BCUT2D eigenvalue weighted by Gasteiger charge is 2.23. The number of hydrogen-bond donors (Lipinski definition) is 1. The molecule has 1 aliphatic rings. The number of hydrogen-bond acceptors (Lipinski definition) is 7. The normalized spacial score (nSPS) is 13.8. The van der Waals surface area contributed by atoms with Gasteiger partial charge < -0.3 is 19.1 Å². The van der Waals surface area contributed by atoms with E-state index in [9.17, 15) is 9.90 Å². The van der Waals surface area contributed by atoms with Gasteiger partial charge in [-0.3, -0.25) is 0 Å². The van der Waals surface area contributed by atoms with Gasteiger partial charge in [0.05, 0.1) is 40.5 Å². The maximum absolute atomic E-state index is 15.6. The van der Waals surface area contributed by atoms with Crippen LogP contribution in [0.25, 0.3) is 22.3 Å². The molecule has 6 aromatic rings. The van der Waals surface area contributed by atoms with Gasteiger partial charge in [0.25, 0.3) is 0 Å².